The molecule has 0 fully saturated rings. The van der Waals surface area contributed by atoms with Gasteiger partial charge in [0.05, 0.1) is 0 Å². The van der Waals surface area contributed by atoms with Gasteiger partial charge in [0, 0.05) is 18.0 Å². The molecule has 3 heteroatoms. The third-order valence-electron chi connectivity index (χ3n) is 3.50. The van der Waals surface area contributed by atoms with Crippen molar-refractivity contribution in [2.24, 2.45) is 0 Å². The number of benzene rings is 3. The van der Waals surface area contributed by atoms with Crippen LogP contribution in [0.3, 0.4) is 0 Å². The maximum atomic E-state index is 13.9. The van der Waals surface area contributed by atoms with E-state index < -0.39 is 7.92 Å². The predicted molar refractivity (Wildman–Crippen MR) is 94.7 cm³/mol. The number of hydrogen-bond acceptors (Lipinski definition) is 1. The highest BCUT2D eigenvalue weighted by molar-refractivity contribution is 7.80. The molecule has 0 spiro atoms. The quantitative estimate of drug-likeness (QED) is 0.726. The van der Waals surface area contributed by atoms with Gasteiger partial charge in [-0.1, -0.05) is 60.7 Å². The van der Waals surface area contributed by atoms with Gasteiger partial charge in [-0.05, 0) is 36.7 Å². The second-order valence-electron chi connectivity index (χ2n) is 4.92. The Bertz CT molecular complexity index is 704. The third-order valence-corrected chi connectivity index (χ3v) is 5.98. The first-order valence-electron chi connectivity index (χ1n) is 7.17. The number of anilines is 1. The molecule has 0 atom stereocenters. The van der Waals surface area contributed by atoms with E-state index in [1.165, 1.54) is 16.7 Å². The average molecular weight is 309 g/mol. The first-order valence-corrected chi connectivity index (χ1v) is 8.51. The lowest BCUT2D eigenvalue weighted by Crippen LogP contribution is -2.23. The monoisotopic (exact) mass is 309 g/mol. The standard InChI is InChI=1S/C19H17FNP/c1-21-18-13-12-15(20)14-19(18)22(16-8-4-2-5-9-16)17-10-6-3-7-11-17/h2-14,21H,1H3. The van der Waals surface area contributed by atoms with Crippen molar-refractivity contribution >= 4 is 29.5 Å². The molecule has 0 aromatic heterocycles. The van der Waals surface area contributed by atoms with E-state index in [-0.39, 0.29) is 5.82 Å². The van der Waals surface area contributed by atoms with E-state index in [4.69, 9.17) is 0 Å². The van der Waals surface area contributed by atoms with Crippen molar-refractivity contribution in [2.75, 3.05) is 12.4 Å². The van der Waals surface area contributed by atoms with E-state index in [1.807, 2.05) is 49.5 Å². The van der Waals surface area contributed by atoms with Crippen LogP contribution in [-0.4, -0.2) is 7.05 Å². The topological polar surface area (TPSA) is 12.0 Å². The van der Waals surface area contributed by atoms with Gasteiger partial charge < -0.3 is 5.32 Å². The highest BCUT2D eigenvalue weighted by atomic mass is 31.1. The summed E-state index contributed by atoms with van der Waals surface area (Å²) in [6.07, 6.45) is 0. The van der Waals surface area contributed by atoms with Crippen molar-refractivity contribution in [3.8, 4) is 0 Å². The van der Waals surface area contributed by atoms with Gasteiger partial charge in [-0.15, -0.1) is 0 Å². The van der Waals surface area contributed by atoms with Gasteiger partial charge in [0.1, 0.15) is 5.82 Å². The normalized spacial score (nSPS) is 10.7. The van der Waals surface area contributed by atoms with Crippen molar-refractivity contribution in [1.82, 2.24) is 0 Å². The SMILES string of the molecule is CNc1ccc(F)cc1P(c1ccccc1)c1ccccc1. The highest BCUT2D eigenvalue weighted by Gasteiger charge is 2.19. The number of hydrogen-bond donors (Lipinski definition) is 1. The summed E-state index contributed by atoms with van der Waals surface area (Å²) in [7, 11) is 1.08. The van der Waals surface area contributed by atoms with Gasteiger partial charge >= 0.3 is 0 Å². The van der Waals surface area contributed by atoms with Crippen LogP contribution in [0, 0.1) is 5.82 Å². The van der Waals surface area contributed by atoms with E-state index in [1.54, 1.807) is 6.07 Å². The summed E-state index contributed by atoms with van der Waals surface area (Å²) in [6, 6.07) is 25.6. The van der Waals surface area contributed by atoms with Crippen molar-refractivity contribution in [3.05, 3.63) is 84.7 Å². The molecule has 1 nitrogen and oxygen atoms in total. The molecule has 1 N–H and O–H groups in total. The van der Waals surface area contributed by atoms with Crippen LogP contribution in [0.15, 0.2) is 78.9 Å². The van der Waals surface area contributed by atoms with Crippen LogP contribution in [-0.2, 0) is 0 Å². The highest BCUT2D eigenvalue weighted by Crippen LogP contribution is 2.35. The van der Waals surface area contributed by atoms with E-state index in [2.05, 4.69) is 29.6 Å². The molecule has 0 saturated carbocycles. The molecule has 110 valence electrons. The summed E-state index contributed by atoms with van der Waals surface area (Å²) in [5.74, 6) is -0.201. The lowest BCUT2D eigenvalue weighted by atomic mass is 10.3. The zero-order valence-electron chi connectivity index (χ0n) is 12.3. The molecule has 0 aliphatic rings. The van der Waals surface area contributed by atoms with Gasteiger partial charge in [-0.3, -0.25) is 0 Å². The van der Waals surface area contributed by atoms with Crippen molar-refractivity contribution < 1.29 is 4.39 Å². The molecular formula is C19H17FNP. The van der Waals surface area contributed by atoms with Gasteiger partial charge in [0.2, 0.25) is 0 Å². The number of halogens is 1. The van der Waals surface area contributed by atoms with Gasteiger partial charge in [-0.2, -0.15) is 0 Å². The fourth-order valence-corrected chi connectivity index (χ4v) is 4.96. The predicted octanol–water partition coefficient (Wildman–Crippen LogP) is 3.63. The Morgan fingerprint density at radius 2 is 1.32 bits per heavy atom. The second-order valence-corrected chi connectivity index (χ2v) is 7.10. The molecule has 22 heavy (non-hydrogen) atoms. The largest absolute Gasteiger partial charge is 0.388 e. The molecule has 3 rings (SSSR count). The molecule has 0 amide bonds. The minimum atomic E-state index is -0.791. The number of rotatable bonds is 4. The Hall–Kier alpha value is -2.18. The molecule has 0 saturated heterocycles. The van der Waals surface area contributed by atoms with Gasteiger partial charge in [0.15, 0.2) is 0 Å². The fraction of sp³-hybridized carbons (Fsp3) is 0.0526. The minimum Gasteiger partial charge on any atom is -0.388 e. The van der Waals surface area contributed by atoms with Crippen LogP contribution in [0.2, 0.25) is 0 Å². The Kier molecular flexibility index (Phi) is 4.50. The van der Waals surface area contributed by atoms with E-state index in [0.717, 1.165) is 11.0 Å². The molecule has 0 aliphatic carbocycles. The first kappa shape index (κ1) is 14.7. The molecular weight excluding hydrogens is 292 g/mol. The van der Waals surface area contributed by atoms with Crippen LogP contribution in [0.4, 0.5) is 10.1 Å². The number of nitrogens with one attached hydrogen (secondary N) is 1. The first-order chi connectivity index (χ1) is 10.8. The Morgan fingerprint density at radius 3 is 1.82 bits per heavy atom. The van der Waals surface area contributed by atoms with Crippen molar-refractivity contribution in [1.29, 1.82) is 0 Å². The maximum Gasteiger partial charge on any atom is 0.124 e. The summed E-state index contributed by atoms with van der Waals surface area (Å²) in [4.78, 5) is 0. The smallest absolute Gasteiger partial charge is 0.124 e. The molecule has 0 radical (unpaired) electrons. The molecule has 0 unspecified atom stereocenters. The Labute approximate surface area is 131 Å². The average Bonchev–Trinajstić information content (AvgIpc) is 2.57. The summed E-state index contributed by atoms with van der Waals surface area (Å²) < 4.78 is 13.9. The van der Waals surface area contributed by atoms with Crippen molar-refractivity contribution in [2.45, 2.75) is 0 Å². The van der Waals surface area contributed by atoms with E-state index in [0.29, 0.717) is 0 Å². The lowest BCUT2D eigenvalue weighted by Gasteiger charge is -2.22. The second kappa shape index (κ2) is 6.72. The van der Waals surface area contributed by atoms with Crippen LogP contribution >= 0.6 is 7.92 Å². The summed E-state index contributed by atoms with van der Waals surface area (Å²) >= 11 is 0. The molecule has 3 aromatic rings. The maximum absolute atomic E-state index is 13.9. The zero-order valence-corrected chi connectivity index (χ0v) is 13.2. The Balaban J connectivity index is 2.21. The van der Waals surface area contributed by atoms with Crippen molar-refractivity contribution in [3.63, 3.8) is 0 Å². The molecule has 0 heterocycles. The third kappa shape index (κ3) is 3.03. The molecule has 0 aliphatic heterocycles. The zero-order chi connectivity index (χ0) is 15.4. The van der Waals surface area contributed by atoms with E-state index in [9.17, 15) is 4.39 Å². The fourth-order valence-electron chi connectivity index (χ4n) is 2.48. The summed E-state index contributed by atoms with van der Waals surface area (Å²) in [6.45, 7) is 0. The van der Waals surface area contributed by atoms with Crippen LogP contribution < -0.4 is 21.2 Å². The van der Waals surface area contributed by atoms with Gasteiger partial charge in [0.25, 0.3) is 0 Å². The lowest BCUT2D eigenvalue weighted by molar-refractivity contribution is 0.629. The van der Waals surface area contributed by atoms with Gasteiger partial charge in [-0.25, -0.2) is 4.39 Å². The summed E-state index contributed by atoms with van der Waals surface area (Å²) in [5.41, 5.74) is 0.972. The Morgan fingerprint density at radius 1 is 0.773 bits per heavy atom. The minimum absolute atomic E-state index is 0.201. The van der Waals surface area contributed by atoms with Crippen LogP contribution in [0.1, 0.15) is 0 Å². The van der Waals surface area contributed by atoms with Crippen LogP contribution in [0.5, 0.6) is 0 Å². The summed E-state index contributed by atoms with van der Waals surface area (Å²) in [5, 5.41) is 6.63. The van der Waals surface area contributed by atoms with E-state index >= 15 is 0 Å². The molecule has 0 bridgehead atoms. The molecule has 3 aromatic carbocycles. The van der Waals surface area contributed by atoms with Crippen LogP contribution in [0.25, 0.3) is 0 Å².